The third kappa shape index (κ3) is 4.10. The van der Waals surface area contributed by atoms with Gasteiger partial charge in [0.1, 0.15) is 4.78 Å². The molecule has 0 N–H and O–H groups in total. The van der Waals surface area contributed by atoms with Gasteiger partial charge in [0, 0.05) is 7.92 Å². The average molecular weight is 335 g/mol. The molecule has 3 aromatic rings. The molecule has 0 spiro atoms. The van der Waals surface area contributed by atoms with Gasteiger partial charge in [-0.1, -0.05) is 78.9 Å². The molecule has 0 atom stereocenters. The molecular weight excluding hydrogens is 317 g/mol. The number of para-hydroxylation sites is 1. The number of rotatable bonds is 4. The van der Waals surface area contributed by atoms with E-state index in [2.05, 4.69) is 79.1 Å². The lowest BCUT2D eigenvalue weighted by Gasteiger charge is -2.19. The molecule has 0 unspecified atom stereocenters. The van der Waals surface area contributed by atoms with Crippen molar-refractivity contribution in [2.24, 2.45) is 4.99 Å². The molecule has 0 fully saturated rings. The Kier molecular flexibility index (Phi) is 5.63. The van der Waals surface area contributed by atoms with E-state index in [1.165, 1.54) is 15.4 Å². The maximum Gasteiger partial charge on any atom is 0.105 e. The second kappa shape index (κ2) is 8.10. The van der Waals surface area contributed by atoms with E-state index in [-0.39, 0.29) is 0 Å². The first-order chi connectivity index (χ1) is 11.4. The Morgan fingerprint density at radius 2 is 1.13 bits per heavy atom. The van der Waals surface area contributed by atoms with Gasteiger partial charge >= 0.3 is 0 Å². The predicted octanol–water partition coefficient (Wildman–Crippen LogP) is 5.17. The van der Waals surface area contributed by atoms with Gasteiger partial charge in [0.2, 0.25) is 0 Å². The van der Waals surface area contributed by atoms with Crippen molar-refractivity contribution in [1.29, 1.82) is 0 Å². The zero-order chi connectivity index (χ0) is 15.9. The van der Waals surface area contributed by atoms with Crippen molar-refractivity contribution >= 4 is 40.8 Å². The number of aliphatic imine (C=N–C) groups is 1. The lowest BCUT2D eigenvalue weighted by atomic mass is 10.3. The normalized spacial score (nSPS) is 11.7. The minimum Gasteiger partial charge on any atom is -0.241 e. The maximum atomic E-state index is 4.94. The highest BCUT2D eigenvalue weighted by Gasteiger charge is 2.19. The first kappa shape index (κ1) is 16.0. The largest absolute Gasteiger partial charge is 0.241 e. The van der Waals surface area contributed by atoms with E-state index in [4.69, 9.17) is 4.99 Å². The monoisotopic (exact) mass is 335 g/mol. The van der Waals surface area contributed by atoms with Gasteiger partial charge < -0.3 is 0 Å². The van der Waals surface area contributed by atoms with Gasteiger partial charge in [0.05, 0.1) is 5.69 Å². The third-order valence-corrected chi connectivity index (χ3v) is 7.05. The fourth-order valence-corrected chi connectivity index (χ4v) is 5.78. The zero-order valence-electron chi connectivity index (χ0n) is 13.0. The molecule has 0 heterocycles. The van der Waals surface area contributed by atoms with Crippen molar-refractivity contribution in [2.45, 2.75) is 0 Å². The Hall–Kier alpha value is -1.89. The van der Waals surface area contributed by atoms with E-state index in [1.807, 2.05) is 18.2 Å². The Bertz CT molecular complexity index is 718. The van der Waals surface area contributed by atoms with Crippen LogP contribution in [0.2, 0.25) is 0 Å². The van der Waals surface area contributed by atoms with Crippen molar-refractivity contribution in [3.8, 4) is 0 Å². The van der Waals surface area contributed by atoms with Crippen molar-refractivity contribution in [1.82, 2.24) is 0 Å². The molecule has 0 amide bonds. The summed E-state index contributed by atoms with van der Waals surface area (Å²) < 4.78 is 0. The second-order valence-corrected chi connectivity index (χ2v) is 8.17. The number of thioether (sulfide) groups is 1. The van der Waals surface area contributed by atoms with E-state index in [9.17, 15) is 0 Å². The molecule has 0 saturated heterocycles. The summed E-state index contributed by atoms with van der Waals surface area (Å²) in [4.78, 5) is 6.11. The quantitative estimate of drug-likeness (QED) is 0.364. The molecule has 0 aliphatic rings. The van der Waals surface area contributed by atoms with Gasteiger partial charge in [-0.15, -0.1) is 11.8 Å². The van der Waals surface area contributed by atoms with Crippen LogP contribution in [-0.4, -0.2) is 11.0 Å². The van der Waals surface area contributed by atoms with Crippen molar-refractivity contribution in [2.75, 3.05) is 6.26 Å². The molecule has 0 aliphatic heterocycles. The predicted molar refractivity (Wildman–Crippen MR) is 106 cm³/mol. The summed E-state index contributed by atoms with van der Waals surface area (Å²) in [6, 6.07) is 31.6. The number of benzene rings is 3. The number of hydrogen-bond donors (Lipinski definition) is 0. The Morgan fingerprint density at radius 1 is 0.696 bits per heavy atom. The molecule has 1 nitrogen and oxygen atoms in total. The van der Waals surface area contributed by atoms with E-state index in [1.54, 1.807) is 11.8 Å². The first-order valence-electron chi connectivity index (χ1n) is 7.46. The molecule has 0 aromatic heterocycles. The van der Waals surface area contributed by atoms with Crippen LogP contribution < -0.4 is 10.6 Å². The summed E-state index contributed by atoms with van der Waals surface area (Å²) in [7, 11) is -0.625. The number of nitrogens with zero attached hydrogens (tertiary/aromatic N) is 1. The summed E-state index contributed by atoms with van der Waals surface area (Å²) >= 11 is 1.74. The van der Waals surface area contributed by atoms with Crippen LogP contribution in [-0.2, 0) is 0 Å². The second-order valence-electron chi connectivity index (χ2n) is 4.94. The highest BCUT2D eigenvalue weighted by Crippen LogP contribution is 2.41. The van der Waals surface area contributed by atoms with Crippen molar-refractivity contribution in [3.05, 3.63) is 91.0 Å². The van der Waals surface area contributed by atoms with E-state index >= 15 is 0 Å². The van der Waals surface area contributed by atoms with Crippen LogP contribution in [0.25, 0.3) is 0 Å². The minimum absolute atomic E-state index is 0.625. The van der Waals surface area contributed by atoms with Gasteiger partial charge in [-0.3, -0.25) is 0 Å². The van der Waals surface area contributed by atoms with E-state index in [0.717, 1.165) is 5.69 Å². The highest BCUT2D eigenvalue weighted by atomic mass is 32.2. The summed E-state index contributed by atoms with van der Waals surface area (Å²) in [5, 5.41) is 2.66. The molecule has 114 valence electrons. The van der Waals surface area contributed by atoms with Gasteiger partial charge in [-0.05, 0) is 29.0 Å². The van der Waals surface area contributed by atoms with Crippen LogP contribution in [0, 0.1) is 0 Å². The SMILES string of the molecule is CSC(=Nc1ccccc1)P(c1ccccc1)c1ccccc1. The Labute approximate surface area is 143 Å². The van der Waals surface area contributed by atoms with E-state index in [0.29, 0.717) is 0 Å². The minimum atomic E-state index is -0.625. The van der Waals surface area contributed by atoms with Gasteiger partial charge in [0.25, 0.3) is 0 Å². The molecule has 0 radical (unpaired) electrons. The summed E-state index contributed by atoms with van der Waals surface area (Å²) in [6.07, 6.45) is 2.11. The Balaban J connectivity index is 2.09. The highest BCUT2D eigenvalue weighted by molar-refractivity contribution is 8.28. The van der Waals surface area contributed by atoms with Crippen LogP contribution in [0.3, 0.4) is 0 Å². The summed E-state index contributed by atoms with van der Waals surface area (Å²) in [6.45, 7) is 0. The molecule has 3 aromatic carbocycles. The third-order valence-electron chi connectivity index (χ3n) is 3.38. The first-order valence-corrected chi connectivity index (χ1v) is 10.0. The Morgan fingerprint density at radius 3 is 1.57 bits per heavy atom. The van der Waals surface area contributed by atoms with Gasteiger partial charge in [-0.2, -0.15) is 0 Å². The smallest absolute Gasteiger partial charge is 0.105 e. The van der Waals surface area contributed by atoms with Gasteiger partial charge in [0.15, 0.2) is 0 Å². The standard InChI is InChI=1S/C20H18NPS/c1-23-20(21-17-11-5-2-6-12-17)22(18-13-7-3-8-14-18)19-15-9-4-10-16-19/h2-16H,1H3. The molecule has 3 rings (SSSR count). The van der Waals surface area contributed by atoms with E-state index < -0.39 is 7.92 Å². The van der Waals surface area contributed by atoms with Crippen LogP contribution >= 0.6 is 19.7 Å². The molecule has 0 aliphatic carbocycles. The van der Waals surface area contributed by atoms with Crippen molar-refractivity contribution in [3.63, 3.8) is 0 Å². The lowest BCUT2D eigenvalue weighted by molar-refractivity contribution is 1.55. The summed E-state index contributed by atoms with van der Waals surface area (Å²) in [5.41, 5.74) is 1.01. The summed E-state index contributed by atoms with van der Waals surface area (Å²) in [5.74, 6) is 0. The van der Waals surface area contributed by atoms with Gasteiger partial charge in [-0.25, -0.2) is 4.99 Å². The molecule has 3 heteroatoms. The molecule has 23 heavy (non-hydrogen) atoms. The molecular formula is C20H18NPS. The molecule has 0 bridgehead atoms. The lowest BCUT2D eigenvalue weighted by Crippen LogP contribution is -2.16. The fraction of sp³-hybridized carbons (Fsp3) is 0.0500. The van der Waals surface area contributed by atoms with Crippen LogP contribution in [0.1, 0.15) is 0 Å². The zero-order valence-corrected chi connectivity index (χ0v) is 14.7. The number of hydrogen-bond acceptors (Lipinski definition) is 2. The van der Waals surface area contributed by atoms with Crippen LogP contribution in [0.4, 0.5) is 5.69 Å². The topological polar surface area (TPSA) is 12.4 Å². The maximum absolute atomic E-state index is 4.94. The average Bonchev–Trinajstić information content (AvgIpc) is 2.64. The van der Waals surface area contributed by atoms with Crippen molar-refractivity contribution < 1.29 is 0 Å². The fourth-order valence-electron chi connectivity index (χ4n) is 2.32. The van der Waals surface area contributed by atoms with Crippen LogP contribution in [0.15, 0.2) is 96.0 Å². The molecule has 0 saturated carbocycles. The van der Waals surface area contributed by atoms with Crippen LogP contribution in [0.5, 0.6) is 0 Å².